The molecule has 0 saturated carbocycles. The van der Waals surface area contributed by atoms with Crippen molar-refractivity contribution in [3.8, 4) is 0 Å². The molecule has 3 heteroatoms. The van der Waals surface area contributed by atoms with E-state index in [0.717, 1.165) is 0 Å². The Morgan fingerprint density at radius 1 is 0.818 bits per heavy atom. The number of aryl methyl sites for hydroxylation is 1. The minimum atomic E-state index is -0.826. The van der Waals surface area contributed by atoms with E-state index in [-0.39, 0.29) is 0 Å². The molecule has 4 rings (SSSR count). The Labute approximate surface area is 150 Å². The van der Waals surface area contributed by atoms with Gasteiger partial charge in [0.05, 0.1) is 0 Å². The first-order valence-electron chi connectivity index (χ1n) is 6.93. The van der Waals surface area contributed by atoms with E-state index >= 15 is 0 Å². The zero-order chi connectivity index (χ0) is 15.8. The fraction of sp³-hybridized carbons (Fsp3) is 0.0526. The summed E-state index contributed by atoms with van der Waals surface area (Å²) >= 11 is -0.826. The van der Waals surface area contributed by atoms with E-state index in [9.17, 15) is 0 Å². The molecule has 0 N–H and O–H groups in total. The standard InChI is InChI=1S/C10H9.C9H7.2ClH.Zr/c1-8-6-9-4-2-3-5-10(9)7-8;1-2-5-9-7-3-6-8(9)4-1;;;/h2-7H,1H3;1-7H;2*1H;/q2*-1;;;+4/p-2. The van der Waals surface area contributed by atoms with Crippen LogP contribution in [0.4, 0.5) is 0 Å². The maximum absolute atomic E-state index is 4.93. The van der Waals surface area contributed by atoms with Gasteiger partial charge in [0.15, 0.2) is 0 Å². The molecule has 0 radical (unpaired) electrons. The Balaban J connectivity index is 0.000000137. The Bertz CT molecular complexity index is 751. The van der Waals surface area contributed by atoms with Crippen molar-refractivity contribution in [2.75, 3.05) is 0 Å². The number of hydrogen-bond donors (Lipinski definition) is 0. The van der Waals surface area contributed by atoms with Crippen molar-refractivity contribution in [2.45, 2.75) is 6.92 Å². The summed E-state index contributed by atoms with van der Waals surface area (Å²) in [6.45, 7) is 2.12. The average molecular weight is 406 g/mol. The Morgan fingerprint density at radius 2 is 1.41 bits per heavy atom. The van der Waals surface area contributed by atoms with Gasteiger partial charge in [-0.15, -0.1) is 70.3 Å². The normalized spacial score (nSPS) is 9.41. The van der Waals surface area contributed by atoms with Gasteiger partial charge in [0.25, 0.3) is 0 Å². The van der Waals surface area contributed by atoms with E-state index in [1.54, 1.807) is 0 Å². The first-order chi connectivity index (χ1) is 10.7. The molecule has 0 saturated heterocycles. The molecular formula is C19H16Cl2Zr. The van der Waals surface area contributed by atoms with E-state index < -0.39 is 20.8 Å². The molecule has 4 aromatic rings. The first kappa shape index (κ1) is 17.5. The minimum absolute atomic E-state index is 0.826. The largest absolute Gasteiger partial charge is 0.168 e. The van der Waals surface area contributed by atoms with E-state index in [2.05, 4.69) is 85.8 Å². The number of halogens is 2. The minimum Gasteiger partial charge on any atom is -0.168 e. The number of rotatable bonds is 0. The molecule has 0 aliphatic rings. The zero-order valence-corrected chi connectivity index (χ0v) is 16.2. The summed E-state index contributed by atoms with van der Waals surface area (Å²) < 4.78 is 0. The predicted octanol–water partition coefficient (Wildman–Crippen LogP) is 6.80. The van der Waals surface area contributed by atoms with Crippen molar-refractivity contribution >= 4 is 38.6 Å². The maximum atomic E-state index is 4.93. The molecule has 0 aromatic heterocycles. The fourth-order valence-electron chi connectivity index (χ4n) is 2.38. The molecule has 0 spiro atoms. The van der Waals surface area contributed by atoms with Crippen LogP contribution in [-0.4, -0.2) is 0 Å². The molecule has 0 atom stereocenters. The third kappa shape index (κ3) is 5.09. The van der Waals surface area contributed by atoms with E-state index in [0.29, 0.717) is 0 Å². The van der Waals surface area contributed by atoms with Crippen molar-refractivity contribution in [3.63, 3.8) is 0 Å². The van der Waals surface area contributed by atoms with Crippen molar-refractivity contribution in [1.29, 1.82) is 0 Å². The van der Waals surface area contributed by atoms with Crippen LogP contribution in [0.1, 0.15) is 5.56 Å². The van der Waals surface area contributed by atoms with Gasteiger partial charge in [0.2, 0.25) is 0 Å². The van der Waals surface area contributed by atoms with Gasteiger partial charge < -0.3 is 0 Å². The fourth-order valence-corrected chi connectivity index (χ4v) is 2.38. The molecular weight excluding hydrogens is 390 g/mol. The van der Waals surface area contributed by atoms with Gasteiger partial charge in [-0.05, 0) is 0 Å². The summed E-state index contributed by atoms with van der Waals surface area (Å²) in [6, 6.07) is 27.5. The predicted molar refractivity (Wildman–Crippen MR) is 95.5 cm³/mol. The zero-order valence-electron chi connectivity index (χ0n) is 12.3. The Hall–Kier alpha value is -0.877. The van der Waals surface area contributed by atoms with Crippen LogP contribution in [0.25, 0.3) is 21.5 Å². The molecule has 22 heavy (non-hydrogen) atoms. The molecule has 0 bridgehead atoms. The van der Waals surface area contributed by atoms with Gasteiger partial charge in [-0.1, -0.05) is 19.1 Å². The molecule has 0 unspecified atom stereocenters. The quantitative estimate of drug-likeness (QED) is 0.282. The second-order valence-electron chi connectivity index (χ2n) is 4.89. The van der Waals surface area contributed by atoms with E-state index in [1.807, 2.05) is 0 Å². The van der Waals surface area contributed by atoms with E-state index in [4.69, 9.17) is 17.0 Å². The molecule has 0 amide bonds. The summed E-state index contributed by atoms with van der Waals surface area (Å²) in [7, 11) is 9.87. The molecule has 0 aliphatic heterocycles. The van der Waals surface area contributed by atoms with Gasteiger partial charge in [-0.2, -0.15) is 23.6 Å². The van der Waals surface area contributed by atoms with Crippen LogP contribution in [0, 0.1) is 6.92 Å². The van der Waals surface area contributed by atoms with Crippen LogP contribution >= 0.6 is 17.0 Å². The van der Waals surface area contributed by atoms with Crippen LogP contribution in [0.5, 0.6) is 0 Å². The summed E-state index contributed by atoms with van der Waals surface area (Å²) in [5.41, 5.74) is 1.35. The Morgan fingerprint density at radius 3 is 2.05 bits per heavy atom. The summed E-state index contributed by atoms with van der Waals surface area (Å²) in [5, 5.41) is 5.36. The number of fused-ring (bicyclic) bond motifs is 2. The molecule has 0 nitrogen and oxygen atoms in total. The number of benzene rings is 2. The third-order valence-electron chi connectivity index (χ3n) is 3.31. The smallest absolute Gasteiger partial charge is 0.0809 e. The molecule has 110 valence electrons. The SMILES string of the molecule is Cc1cc2ccccc2[cH-]1.[Cl][Zr+2][Cl].c1ccc2[cH-]ccc2c1. The van der Waals surface area contributed by atoms with Crippen LogP contribution in [0.2, 0.25) is 0 Å². The van der Waals surface area contributed by atoms with Crippen LogP contribution in [0.15, 0.2) is 78.9 Å². The van der Waals surface area contributed by atoms with Crippen LogP contribution in [0.3, 0.4) is 0 Å². The van der Waals surface area contributed by atoms with Gasteiger partial charge in [-0.3, -0.25) is 0 Å². The van der Waals surface area contributed by atoms with E-state index in [1.165, 1.54) is 27.1 Å². The van der Waals surface area contributed by atoms with Crippen LogP contribution < -0.4 is 0 Å². The van der Waals surface area contributed by atoms with Crippen molar-refractivity contribution < 1.29 is 20.8 Å². The van der Waals surface area contributed by atoms with Crippen molar-refractivity contribution in [3.05, 3.63) is 84.4 Å². The van der Waals surface area contributed by atoms with Gasteiger partial charge >= 0.3 is 37.9 Å². The monoisotopic (exact) mass is 404 g/mol. The second-order valence-corrected chi connectivity index (χ2v) is 8.62. The maximum Gasteiger partial charge on any atom is -0.0809 e. The second kappa shape index (κ2) is 9.30. The third-order valence-corrected chi connectivity index (χ3v) is 3.31. The molecule has 0 aliphatic carbocycles. The topological polar surface area (TPSA) is 0 Å². The van der Waals surface area contributed by atoms with Gasteiger partial charge in [-0.25, -0.2) is 0 Å². The summed E-state index contributed by atoms with van der Waals surface area (Å²) in [6.07, 6.45) is 0. The Kier molecular flexibility index (Phi) is 7.39. The molecule has 0 fully saturated rings. The van der Waals surface area contributed by atoms with Gasteiger partial charge in [0, 0.05) is 0 Å². The van der Waals surface area contributed by atoms with Crippen molar-refractivity contribution in [1.82, 2.24) is 0 Å². The summed E-state index contributed by atoms with van der Waals surface area (Å²) in [5.74, 6) is 0. The molecule has 0 heterocycles. The molecule has 4 aromatic carbocycles. The first-order valence-corrected chi connectivity index (χ1v) is 13.3. The van der Waals surface area contributed by atoms with Gasteiger partial charge in [0.1, 0.15) is 0 Å². The summed E-state index contributed by atoms with van der Waals surface area (Å²) in [4.78, 5) is 0. The van der Waals surface area contributed by atoms with Crippen LogP contribution in [-0.2, 0) is 20.8 Å². The average Bonchev–Trinajstić information content (AvgIpc) is 3.13. The number of hydrogen-bond acceptors (Lipinski definition) is 0. The van der Waals surface area contributed by atoms with Crippen molar-refractivity contribution in [2.24, 2.45) is 0 Å².